The molecule has 0 spiro atoms. The molecule has 0 amide bonds. The molecule has 0 aliphatic rings. The Hall–Kier alpha value is -2.86. The molecule has 0 saturated heterocycles. The van der Waals surface area contributed by atoms with Crippen molar-refractivity contribution in [2.45, 2.75) is 18.8 Å². The molecule has 8 nitrogen and oxygen atoms in total. The summed E-state index contributed by atoms with van der Waals surface area (Å²) < 4.78 is 45.6. The standard InChI is InChI=1S/C18H16ClF3N4O4/c19-11-3-5-12(6-4-11)23-17(28)24-14(9-27)16-25-15(26-30-16)10-1-7-13(8-2-10)29-18(20,21)22/h1-8,14,17,23-24,27-28H,9H2/t14-,17?/m0/s1. The second kappa shape index (κ2) is 9.30. The van der Waals surface area contributed by atoms with Gasteiger partial charge in [0.15, 0.2) is 6.35 Å². The van der Waals surface area contributed by atoms with Crippen LogP contribution in [0.15, 0.2) is 53.1 Å². The molecule has 0 aliphatic heterocycles. The highest BCUT2D eigenvalue weighted by atomic mass is 35.5. The van der Waals surface area contributed by atoms with Crippen LogP contribution in [-0.2, 0) is 0 Å². The minimum atomic E-state index is -4.79. The van der Waals surface area contributed by atoms with Gasteiger partial charge in [0, 0.05) is 16.3 Å². The predicted molar refractivity (Wildman–Crippen MR) is 100 cm³/mol. The third-order valence-corrected chi connectivity index (χ3v) is 4.03. The fourth-order valence-electron chi connectivity index (χ4n) is 2.44. The van der Waals surface area contributed by atoms with Gasteiger partial charge in [-0.05, 0) is 48.5 Å². The van der Waals surface area contributed by atoms with Crippen molar-refractivity contribution in [2.24, 2.45) is 0 Å². The SMILES string of the molecule is OC[C@H](NC(O)Nc1ccc(Cl)cc1)c1nc(-c2ccc(OC(F)(F)F)cc2)no1. The van der Waals surface area contributed by atoms with Gasteiger partial charge in [-0.25, -0.2) is 0 Å². The highest BCUT2D eigenvalue weighted by molar-refractivity contribution is 6.30. The monoisotopic (exact) mass is 444 g/mol. The minimum absolute atomic E-state index is 0.0277. The first-order valence-electron chi connectivity index (χ1n) is 8.50. The summed E-state index contributed by atoms with van der Waals surface area (Å²) in [5.74, 6) is -0.328. The first-order valence-corrected chi connectivity index (χ1v) is 8.88. The van der Waals surface area contributed by atoms with Gasteiger partial charge in [0.2, 0.25) is 11.7 Å². The molecule has 1 unspecified atom stereocenters. The van der Waals surface area contributed by atoms with E-state index in [2.05, 4.69) is 25.5 Å². The molecule has 3 rings (SSSR count). The van der Waals surface area contributed by atoms with Crippen LogP contribution in [0.4, 0.5) is 18.9 Å². The normalized spacial score (nSPS) is 13.7. The number of halogens is 4. The number of ether oxygens (including phenoxy) is 1. The first-order chi connectivity index (χ1) is 14.2. The summed E-state index contributed by atoms with van der Waals surface area (Å²) >= 11 is 5.80. The van der Waals surface area contributed by atoms with E-state index in [4.69, 9.17) is 16.1 Å². The average molecular weight is 445 g/mol. The summed E-state index contributed by atoms with van der Waals surface area (Å²) in [6, 6.07) is 10.5. The fraction of sp³-hybridized carbons (Fsp3) is 0.222. The molecule has 2 aromatic carbocycles. The van der Waals surface area contributed by atoms with Crippen molar-refractivity contribution in [1.29, 1.82) is 0 Å². The molecule has 12 heteroatoms. The second-order valence-corrected chi connectivity index (χ2v) is 6.42. The van der Waals surface area contributed by atoms with Gasteiger partial charge in [0.25, 0.3) is 0 Å². The molecule has 4 N–H and O–H groups in total. The van der Waals surface area contributed by atoms with Gasteiger partial charge in [0.05, 0.1) is 6.61 Å². The molecule has 0 saturated carbocycles. The maximum absolute atomic E-state index is 12.2. The molecular formula is C18H16ClF3N4O4. The predicted octanol–water partition coefficient (Wildman–Crippen LogP) is 3.30. The van der Waals surface area contributed by atoms with E-state index < -0.39 is 25.4 Å². The van der Waals surface area contributed by atoms with Crippen molar-refractivity contribution >= 4 is 17.3 Å². The molecule has 3 aromatic rings. The number of hydrogen-bond donors (Lipinski definition) is 4. The number of benzene rings is 2. The molecule has 1 aromatic heterocycles. The second-order valence-electron chi connectivity index (χ2n) is 5.98. The van der Waals surface area contributed by atoms with Crippen molar-refractivity contribution in [3.05, 3.63) is 59.4 Å². The molecule has 0 fully saturated rings. The van der Waals surface area contributed by atoms with Gasteiger partial charge in [0.1, 0.15) is 11.8 Å². The highest BCUT2D eigenvalue weighted by Gasteiger charge is 2.31. The molecule has 0 aliphatic carbocycles. The number of rotatable bonds is 8. The number of aromatic nitrogens is 2. The number of hydrogen-bond acceptors (Lipinski definition) is 8. The van der Waals surface area contributed by atoms with Crippen LogP contribution in [0, 0.1) is 0 Å². The molecular weight excluding hydrogens is 429 g/mol. The lowest BCUT2D eigenvalue weighted by Gasteiger charge is -2.19. The van der Waals surface area contributed by atoms with Crippen LogP contribution in [0.2, 0.25) is 5.02 Å². The lowest BCUT2D eigenvalue weighted by atomic mass is 10.2. The molecule has 0 radical (unpaired) electrons. The maximum Gasteiger partial charge on any atom is 0.573 e. The lowest BCUT2D eigenvalue weighted by molar-refractivity contribution is -0.274. The van der Waals surface area contributed by atoms with Crippen molar-refractivity contribution in [3.8, 4) is 17.1 Å². The summed E-state index contributed by atoms with van der Waals surface area (Å²) in [5.41, 5.74) is 0.944. The van der Waals surface area contributed by atoms with Crippen LogP contribution in [0.1, 0.15) is 11.9 Å². The summed E-state index contributed by atoms with van der Waals surface area (Å²) in [6.07, 6.45) is -6.06. The quantitative estimate of drug-likeness (QED) is 0.391. The van der Waals surface area contributed by atoms with E-state index in [1.165, 1.54) is 12.1 Å². The Labute approximate surface area is 173 Å². The van der Waals surface area contributed by atoms with Gasteiger partial charge in [-0.2, -0.15) is 4.98 Å². The van der Waals surface area contributed by atoms with Crippen molar-refractivity contribution < 1.29 is 32.6 Å². The van der Waals surface area contributed by atoms with E-state index in [-0.39, 0.29) is 17.5 Å². The number of nitrogens with one attached hydrogen (secondary N) is 2. The van der Waals surface area contributed by atoms with Crippen molar-refractivity contribution in [1.82, 2.24) is 15.5 Å². The summed E-state index contributed by atoms with van der Waals surface area (Å²) in [6.45, 7) is -0.473. The zero-order valence-electron chi connectivity index (χ0n) is 15.1. The minimum Gasteiger partial charge on any atom is -0.406 e. The smallest absolute Gasteiger partial charge is 0.406 e. The van der Waals surface area contributed by atoms with Gasteiger partial charge >= 0.3 is 6.36 Å². The fourth-order valence-corrected chi connectivity index (χ4v) is 2.56. The van der Waals surface area contributed by atoms with Crippen LogP contribution >= 0.6 is 11.6 Å². The van der Waals surface area contributed by atoms with Gasteiger partial charge in [-0.3, -0.25) is 5.32 Å². The zero-order valence-corrected chi connectivity index (χ0v) is 15.9. The number of aliphatic hydroxyl groups is 2. The Balaban J connectivity index is 1.65. The maximum atomic E-state index is 12.2. The van der Waals surface area contributed by atoms with Crippen molar-refractivity contribution in [2.75, 3.05) is 11.9 Å². The summed E-state index contributed by atoms with van der Waals surface area (Å²) in [5, 5.41) is 29.4. The van der Waals surface area contributed by atoms with Gasteiger partial charge in [-0.15, -0.1) is 13.2 Å². The van der Waals surface area contributed by atoms with Gasteiger partial charge in [-0.1, -0.05) is 16.8 Å². The Bertz CT molecular complexity index is 951. The number of aliphatic hydroxyl groups excluding tert-OH is 2. The molecule has 1 heterocycles. The first kappa shape index (κ1) is 21.8. The van der Waals surface area contributed by atoms with Crippen LogP contribution in [0.3, 0.4) is 0 Å². The highest BCUT2D eigenvalue weighted by Crippen LogP contribution is 2.26. The largest absolute Gasteiger partial charge is 0.573 e. The third-order valence-electron chi connectivity index (χ3n) is 3.78. The molecule has 30 heavy (non-hydrogen) atoms. The average Bonchev–Trinajstić information content (AvgIpc) is 3.17. The zero-order chi connectivity index (χ0) is 21.7. The third kappa shape index (κ3) is 6.07. The Morgan fingerprint density at radius 1 is 1.10 bits per heavy atom. The van der Waals surface area contributed by atoms with Crippen LogP contribution in [0.25, 0.3) is 11.4 Å². The molecule has 160 valence electrons. The van der Waals surface area contributed by atoms with Gasteiger partial charge < -0.3 is 24.8 Å². The van der Waals surface area contributed by atoms with E-state index in [1.54, 1.807) is 24.3 Å². The lowest BCUT2D eigenvalue weighted by Crippen LogP contribution is -2.40. The Kier molecular flexibility index (Phi) is 6.77. The van der Waals surface area contributed by atoms with E-state index >= 15 is 0 Å². The van der Waals surface area contributed by atoms with Crippen LogP contribution in [-0.4, -0.2) is 39.7 Å². The number of nitrogens with zero attached hydrogens (tertiary/aromatic N) is 2. The molecule has 0 bridgehead atoms. The van der Waals surface area contributed by atoms with Crippen molar-refractivity contribution in [3.63, 3.8) is 0 Å². The summed E-state index contributed by atoms with van der Waals surface area (Å²) in [4.78, 5) is 4.11. The summed E-state index contributed by atoms with van der Waals surface area (Å²) in [7, 11) is 0. The number of alkyl halides is 3. The van der Waals surface area contributed by atoms with E-state index in [0.29, 0.717) is 16.3 Å². The van der Waals surface area contributed by atoms with Crippen LogP contribution < -0.4 is 15.4 Å². The van der Waals surface area contributed by atoms with E-state index in [0.717, 1.165) is 12.1 Å². The van der Waals surface area contributed by atoms with E-state index in [9.17, 15) is 23.4 Å². The van der Waals surface area contributed by atoms with Crippen LogP contribution in [0.5, 0.6) is 5.75 Å². The number of anilines is 1. The topological polar surface area (TPSA) is 113 Å². The molecule has 2 atom stereocenters. The Morgan fingerprint density at radius 2 is 1.77 bits per heavy atom. The Morgan fingerprint density at radius 3 is 2.37 bits per heavy atom. The van der Waals surface area contributed by atoms with E-state index in [1.807, 2.05) is 0 Å².